The van der Waals surface area contributed by atoms with Crippen molar-refractivity contribution in [2.45, 2.75) is 5.25 Å². The summed E-state index contributed by atoms with van der Waals surface area (Å²) >= 11 is 7.39. The molecule has 0 amide bonds. The van der Waals surface area contributed by atoms with Gasteiger partial charge in [-0.05, 0) is 48.0 Å². The lowest BCUT2D eigenvalue weighted by molar-refractivity contribution is 0.627. The second-order valence-electron chi connectivity index (χ2n) is 4.60. The molecule has 1 atom stereocenters. The normalized spacial score (nSPS) is 18.1. The fourth-order valence-corrected chi connectivity index (χ4v) is 3.12. The summed E-state index contributed by atoms with van der Waals surface area (Å²) in [6, 6.07) is 13.9. The van der Waals surface area contributed by atoms with Crippen molar-refractivity contribution in [2.75, 3.05) is 0 Å². The molecule has 0 saturated carbocycles. The van der Waals surface area contributed by atoms with Gasteiger partial charge in [-0.3, -0.25) is 0 Å². The fraction of sp³-hybridized carbons (Fsp3) is 0.0625. The zero-order valence-corrected chi connectivity index (χ0v) is 12.5. The van der Waals surface area contributed by atoms with Crippen LogP contribution in [-0.2, 0) is 0 Å². The molecule has 106 valence electrons. The van der Waals surface area contributed by atoms with Gasteiger partial charge >= 0.3 is 0 Å². The highest BCUT2D eigenvalue weighted by atomic mass is 35.5. The van der Waals surface area contributed by atoms with Crippen LogP contribution in [-0.4, -0.2) is 5.17 Å². The maximum absolute atomic E-state index is 13.0. The third-order valence-corrected chi connectivity index (χ3v) is 4.37. The van der Waals surface area contributed by atoms with Gasteiger partial charge in [-0.2, -0.15) is 0 Å². The number of nitrogens with zero attached hydrogens (tertiary/aromatic N) is 1. The van der Waals surface area contributed by atoms with Crippen molar-refractivity contribution in [1.82, 2.24) is 0 Å². The third-order valence-electron chi connectivity index (χ3n) is 3.13. The highest BCUT2D eigenvalue weighted by molar-refractivity contribution is 8.14. The molecule has 1 aliphatic rings. The molecule has 3 rings (SSSR count). The Labute approximate surface area is 131 Å². The molecule has 2 nitrogen and oxygen atoms in total. The first-order chi connectivity index (χ1) is 10.1. The number of aliphatic imine (C=N–C) groups is 1. The van der Waals surface area contributed by atoms with Crippen LogP contribution in [0.15, 0.2) is 59.6 Å². The summed E-state index contributed by atoms with van der Waals surface area (Å²) in [6.07, 6.45) is 2.03. The van der Waals surface area contributed by atoms with Crippen molar-refractivity contribution in [3.8, 4) is 0 Å². The van der Waals surface area contributed by atoms with Gasteiger partial charge in [0.2, 0.25) is 0 Å². The number of rotatable bonds is 2. The largest absolute Gasteiger partial charge is 0.378 e. The maximum atomic E-state index is 13.0. The van der Waals surface area contributed by atoms with Crippen LogP contribution in [0.5, 0.6) is 0 Å². The van der Waals surface area contributed by atoms with Crippen molar-refractivity contribution < 1.29 is 4.39 Å². The number of halogens is 2. The highest BCUT2D eigenvalue weighted by Crippen LogP contribution is 2.37. The van der Waals surface area contributed by atoms with Crippen LogP contribution < -0.4 is 5.73 Å². The Morgan fingerprint density at radius 3 is 2.38 bits per heavy atom. The molecule has 21 heavy (non-hydrogen) atoms. The Kier molecular flexibility index (Phi) is 3.99. The minimum atomic E-state index is -0.268. The molecular weight excluding hydrogens is 307 g/mol. The van der Waals surface area contributed by atoms with Gasteiger partial charge in [0, 0.05) is 10.6 Å². The summed E-state index contributed by atoms with van der Waals surface area (Å²) in [7, 11) is 0. The van der Waals surface area contributed by atoms with Crippen molar-refractivity contribution in [2.24, 2.45) is 10.7 Å². The number of thioether (sulfide) groups is 1. The van der Waals surface area contributed by atoms with Gasteiger partial charge in [-0.25, -0.2) is 9.38 Å². The predicted molar refractivity (Wildman–Crippen MR) is 87.8 cm³/mol. The van der Waals surface area contributed by atoms with Crippen molar-refractivity contribution in [3.63, 3.8) is 0 Å². The molecule has 0 bridgehead atoms. The quantitative estimate of drug-likeness (QED) is 0.877. The summed E-state index contributed by atoms with van der Waals surface area (Å²) in [5.41, 5.74) is 8.62. The van der Waals surface area contributed by atoms with Gasteiger partial charge in [0.25, 0.3) is 0 Å². The van der Waals surface area contributed by atoms with Crippen molar-refractivity contribution in [3.05, 3.63) is 76.6 Å². The van der Waals surface area contributed by atoms with Crippen LogP contribution in [0, 0.1) is 5.82 Å². The molecule has 5 heteroatoms. The van der Waals surface area contributed by atoms with Crippen LogP contribution in [0.4, 0.5) is 4.39 Å². The predicted octanol–water partition coefficient (Wildman–Crippen LogP) is 4.62. The Morgan fingerprint density at radius 2 is 1.71 bits per heavy atom. The molecule has 1 heterocycles. The number of benzene rings is 2. The molecule has 2 aromatic rings. The standard InChI is InChI=1S/C16H12ClFN2S/c17-12-5-1-11(2-6-12)15-9-14(20-16(19)21-15)10-3-7-13(18)8-4-10/h1-9,15H,(H2,19,20). The zero-order chi connectivity index (χ0) is 14.8. The molecule has 2 aromatic carbocycles. The molecule has 0 saturated heterocycles. The van der Waals surface area contributed by atoms with E-state index in [-0.39, 0.29) is 11.1 Å². The van der Waals surface area contributed by atoms with Crippen LogP contribution in [0.25, 0.3) is 5.70 Å². The second-order valence-corrected chi connectivity index (χ2v) is 6.20. The Bertz CT molecular complexity index is 708. The molecular formula is C16H12ClFN2S. The average Bonchev–Trinajstić information content (AvgIpc) is 2.48. The Balaban J connectivity index is 1.95. The van der Waals surface area contributed by atoms with Crippen LogP contribution in [0.1, 0.15) is 16.4 Å². The number of hydrogen-bond acceptors (Lipinski definition) is 3. The summed E-state index contributed by atoms with van der Waals surface area (Å²) in [5, 5.41) is 1.26. The van der Waals surface area contributed by atoms with E-state index in [0.29, 0.717) is 10.2 Å². The Morgan fingerprint density at radius 1 is 1.05 bits per heavy atom. The van der Waals surface area contributed by atoms with Crippen molar-refractivity contribution >= 4 is 34.2 Å². The minimum Gasteiger partial charge on any atom is -0.378 e. The summed E-state index contributed by atoms with van der Waals surface area (Å²) in [5.74, 6) is -0.268. The van der Waals surface area contributed by atoms with Crippen molar-refractivity contribution in [1.29, 1.82) is 0 Å². The van der Waals surface area contributed by atoms with Gasteiger partial charge < -0.3 is 5.73 Å². The second kappa shape index (κ2) is 5.92. The van der Waals surface area contributed by atoms with E-state index in [9.17, 15) is 4.39 Å². The van der Waals surface area contributed by atoms with Crippen LogP contribution in [0.3, 0.4) is 0 Å². The van der Waals surface area contributed by atoms with E-state index >= 15 is 0 Å². The third kappa shape index (κ3) is 3.28. The number of nitrogens with two attached hydrogens (primary N) is 1. The SMILES string of the molecule is NC1=NC(c2ccc(F)cc2)=CC(c2ccc(Cl)cc2)S1. The smallest absolute Gasteiger partial charge is 0.160 e. The zero-order valence-electron chi connectivity index (χ0n) is 11.0. The highest BCUT2D eigenvalue weighted by Gasteiger charge is 2.18. The van der Waals surface area contributed by atoms with E-state index in [4.69, 9.17) is 17.3 Å². The molecule has 1 aliphatic heterocycles. The van der Waals surface area contributed by atoms with E-state index in [1.807, 2.05) is 30.3 Å². The average molecular weight is 319 g/mol. The summed E-state index contributed by atoms with van der Waals surface area (Å²) in [6.45, 7) is 0. The molecule has 0 spiro atoms. The first kappa shape index (κ1) is 14.2. The maximum Gasteiger partial charge on any atom is 0.160 e. The van der Waals surface area contributed by atoms with Gasteiger partial charge in [-0.15, -0.1) is 0 Å². The molecule has 2 N–H and O–H groups in total. The molecule has 0 aromatic heterocycles. The van der Waals surface area contributed by atoms with Crippen LogP contribution in [0.2, 0.25) is 5.02 Å². The lowest BCUT2D eigenvalue weighted by Gasteiger charge is -2.19. The van der Waals surface area contributed by atoms with E-state index in [0.717, 1.165) is 16.8 Å². The summed E-state index contributed by atoms with van der Waals surface area (Å²) in [4.78, 5) is 4.35. The molecule has 0 aliphatic carbocycles. The van der Waals surface area contributed by atoms with Gasteiger partial charge in [0.1, 0.15) is 5.82 Å². The van der Waals surface area contributed by atoms with Gasteiger partial charge in [-0.1, -0.05) is 35.5 Å². The fourth-order valence-electron chi connectivity index (χ4n) is 2.09. The number of amidine groups is 1. The summed E-state index contributed by atoms with van der Waals surface area (Å²) < 4.78 is 13.0. The first-order valence-corrected chi connectivity index (χ1v) is 7.61. The van der Waals surface area contributed by atoms with E-state index in [2.05, 4.69) is 4.99 Å². The first-order valence-electron chi connectivity index (χ1n) is 6.36. The lowest BCUT2D eigenvalue weighted by atomic mass is 10.1. The topological polar surface area (TPSA) is 38.4 Å². The van der Waals surface area contributed by atoms with Crippen LogP contribution >= 0.6 is 23.4 Å². The van der Waals surface area contributed by atoms with E-state index in [1.54, 1.807) is 12.1 Å². The molecule has 0 radical (unpaired) electrons. The van der Waals surface area contributed by atoms with E-state index in [1.165, 1.54) is 23.9 Å². The van der Waals surface area contributed by atoms with E-state index < -0.39 is 0 Å². The molecule has 1 unspecified atom stereocenters. The Hall–Kier alpha value is -1.78. The lowest BCUT2D eigenvalue weighted by Crippen LogP contribution is -2.12. The molecule has 0 fully saturated rings. The monoisotopic (exact) mass is 318 g/mol. The minimum absolute atomic E-state index is 0.0693. The van der Waals surface area contributed by atoms with Gasteiger partial charge in [0.15, 0.2) is 5.17 Å². The van der Waals surface area contributed by atoms with Gasteiger partial charge in [0.05, 0.1) is 10.9 Å². The number of hydrogen-bond donors (Lipinski definition) is 1.